The van der Waals surface area contributed by atoms with Crippen LogP contribution >= 0.6 is 23.7 Å². The molecular weight excluding hydrogens is 323 g/mol. The van der Waals surface area contributed by atoms with Gasteiger partial charge in [-0.25, -0.2) is 4.98 Å². The largest absolute Gasteiger partial charge is 0.408 e. The van der Waals surface area contributed by atoms with Crippen molar-refractivity contribution in [3.05, 3.63) is 47.0 Å². The summed E-state index contributed by atoms with van der Waals surface area (Å²) in [6.45, 7) is 0.147. The zero-order valence-corrected chi connectivity index (χ0v) is 12.8. The lowest BCUT2D eigenvalue weighted by Gasteiger charge is -2.29. The first-order valence-corrected chi connectivity index (χ1v) is 6.71. The third-order valence-corrected chi connectivity index (χ3v) is 3.65. The Balaban J connectivity index is 0.00000220. The molecule has 0 saturated heterocycles. The van der Waals surface area contributed by atoms with Crippen molar-refractivity contribution in [3.63, 3.8) is 0 Å². The SMILES string of the molecule is CN(Cc1cnc(N)s1)C(c1ccccc1)C(F)(F)F.Cl. The normalized spacial score (nSPS) is 13.0. The molecule has 21 heavy (non-hydrogen) atoms. The van der Waals surface area contributed by atoms with Gasteiger partial charge in [0.05, 0.1) is 0 Å². The number of nitrogen functional groups attached to an aromatic ring is 1. The molecule has 0 aliphatic carbocycles. The number of alkyl halides is 3. The van der Waals surface area contributed by atoms with E-state index in [4.69, 9.17) is 5.73 Å². The molecule has 8 heteroatoms. The van der Waals surface area contributed by atoms with E-state index in [-0.39, 0.29) is 24.5 Å². The summed E-state index contributed by atoms with van der Waals surface area (Å²) < 4.78 is 39.9. The van der Waals surface area contributed by atoms with Gasteiger partial charge < -0.3 is 5.73 Å². The molecule has 3 nitrogen and oxygen atoms in total. The molecular formula is C13H15ClF3N3S. The lowest BCUT2D eigenvalue weighted by molar-refractivity contribution is -0.184. The fourth-order valence-electron chi connectivity index (χ4n) is 2.06. The van der Waals surface area contributed by atoms with Gasteiger partial charge in [0.2, 0.25) is 0 Å². The molecule has 2 N–H and O–H groups in total. The average Bonchev–Trinajstić information content (AvgIpc) is 2.74. The number of halogens is 4. The number of nitrogens with zero attached hydrogens (tertiary/aromatic N) is 2. The molecule has 0 spiro atoms. The Morgan fingerprint density at radius 1 is 1.29 bits per heavy atom. The van der Waals surface area contributed by atoms with Gasteiger partial charge in [-0.05, 0) is 12.6 Å². The summed E-state index contributed by atoms with van der Waals surface area (Å²) in [7, 11) is 1.45. The number of anilines is 1. The number of benzene rings is 1. The van der Waals surface area contributed by atoms with Crippen LogP contribution in [0.3, 0.4) is 0 Å². The zero-order chi connectivity index (χ0) is 14.8. The van der Waals surface area contributed by atoms with Crippen molar-refractivity contribution < 1.29 is 13.2 Å². The van der Waals surface area contributed by atoms with Crippen LogP contribution in [0.4, 0.5) is 18.3 Å². The van der Waals surface area contributed by atoms with Gasteiger partial charge >= 0.3 is 6.18 Å². The summed E-state index contributed by atoms with van der Waals surface area (Å²) in [5.74, 6) is 0. The summed E-state index contributed by atoms with van der Waals surface area (Å²) >= 11 is 1.20. The first-order valence-electron chi connectivity index (χ1n) is 5.90. The van der Waals surface area contributed by atoms with Gasteiger partial charge in [-0.2, -0.15) is 13.2 Å². The highest BCUT2D eigenvalue weighted by Crippen LogP contribution is 2.37. The van der Waals surface area contributed by atoms with E-state index in [1.807, 2.05) is 0 Å². The fourth-order valence-corrected chi connectivity index (χ4v) is 2.81. The van der Waals surface area contributed by atoms with E-state index in [0.29, 0.717) is 10.0 Å². The molecule has 1 heterocycles. The number of nitrogens with two attached hydrogens (primary N) is 1. The second-order valence-corrected chi connectivity index (χ2v) is 5.58. The molecule has 1 aromatic carbocycles. The average molecular weight is 338 g/mol. The van der Waals surface area contributed by atoms with E-state index in [9.17, 15) is 13.2 Å². The van der Waals surface area contributed by atoms with Gasteiger partial charge in [-0.1, -0.05) is 30.3 Å². The summed E-state index contributed by atoms with van der Waals surface area (Å²) in [4.78, 5) is 5.81. The quantitative estimate of drug-likeness (QED) is 0.920. The van der Waals surface area contributed by atoms with E-state index >= 15 is 0 Å². The topological polar surface area (TPSA) is 42.2 Å². The van der Waals surface area contributed by atoms with Crippen molar-refractivity contribution in [3.8, 4) is 0 Å². The van der Waals surface area contributed by atoms with Crippen molar-refractivity contribution in [2.75, 3.05) is 12.8 Å². The maximum Gasteiger partial charge on any atom is 0.408 e. The Kier molecular flexibility index (Phi) is 6.00. The number of aromatic nitrogens is 1. The summed E-state index contributed by atoms with van der Waals surface area (Å²) in [6.07, 6.45) is -2.83. The molecule has 116 valence electrons. The number of rotatable bonds is 4. The van der Waals surface area contributed by atoms with Crippen LogP contribution in [0.25, 0.3) is 0 Å². The molecule has 2 aromatic rings. The first kappa shape index (κ1) is 17.7. The molecule has 0 saturated carbocycles. The van der Waals surface area contributed by atoms with Crippen LogP contribution in [-0.2, 0) is 6.54 Å². The Morgan fingerprint density at radius 2 is 1.90 bits per heavy atom. The van der Waals surface area contributed by atoms with Crippen LogP contribution in [0.1, 0.15) is 16.5 Å². The highest BCUT2D eigenvalue weighted by atomic mass is 35.5. The standard InChI is InChI=1S/C13H14F3N3S.ClH/c1-19(8-10-7-18-12(17)20-10)11(13(14,15)16)9-5-3-2-4-6-9;/h2-7,11H,8H2,1H3,(H2,17,18);1H. The maximum atomic E-state index is 13.3. The molecule has 0 aliphatic heterocycles. The van der Waals surface area contributed by atoms with E-state index in [1.165, 1.54) is 41.6 Å². The second kappa shape index (κ2) is 7.11. The van der Waals surface area contributed by atoms with Gasteiger partial charge in [-0.15, -0.1) is 23.7 Å². The van der Waals surface area contributed by atoms with Crippen LogP contribution in [0.5, 0.6) is 0 Å². The van der Waals surface area contributed by atoms with Gasteiger partial charge in [0.15, 0.2) is 5.13 Å². The highest BCUT2D eigenvalue weighted by molar-refractivity contribution is 7.15. The number of thiazole rings is 1. The third-order valence-electron chi connectivity index (χ3n) is 2.84. The minimum absolute atomic E-state index is 0. The molecule has 0 fully saturated rings. The van der Waals surface area contributed by atoms with E-state index in [1.54, 1.807) is 18.2 Å². The van der Waals surface area contributed by atoms with E-state index in [0.717, 1.165) is 0 Å². The smallest absolute Gasteiger partial charge is 0.375 e. The molecule has 0 aliphatic rings. The summed E-state index contributed by atoms with van der Waals surface area (Å²) in [5, 5.41) is 0.358. The van der Waals surface area contributed by atoms with Crippen molar-refractivity contribution in [2.24, 2.45) is 0 Å². The second-order valence-electron chi connectivity index (χ2n) is 4.43. The first-order chi connectivity index (χ1) is 9.38. The van der Waals surface area contributed by atoms with Crippen molar-refractivity contribution in [1.29, 1.82) is 0 Å². The molecule has 0 bridgehead atoms. The fraction of sp³-hybridized carbons (Fsp3) is 0.308. The molecule has 1 aromatic heterocycles. The van der Waals surface area contributed by atoms with Crippen LogP contribution < -0.4 is 5.73 Å². The van der Waals surface area contributed by atoms with Gasteiger partial charge in [0.1, 0.15) is 6.04 Å². The van der Waals surface area contributed by atoms with Crippen LogP contribution in [0.15, 0.2) is 36.5 Å². The van der Waals surface area contributed by atoms with E-state index in [2.05, 4.69) is 4.98 Å². The lowest BCUT2D eigenvalue weighted by Crippen LogP contribution is -2.35. The Hall–Kier alpha value is -1.31. The van der Waals surface area contributed by atoms with Gasteiger partial charge in [0.25, 0.3) is 0 Å². The van der Waals surface area contributed by atoms with Gasteiger partial charge in [0, 0.05) is 17.6 Å². The molecule has 2 rings (SSSR count). The monoisotopic (exact) mass is 337 g/mol. The Bertz CT molecular complexity index is 559. The molecule has 1 unspecified atom stereocenters. The van der Waals surface area contributed by atoms with E-state index < -0.39 is 12.2 Å². The van der Waals surface area contributed by atoms with Gasteiger partial charge in [-0.3, -0.25) is 4.90 Å². The minimum Gasteiger partial charge on any atom is -0.375 e. The van der Waals surface area contributed by atoms with Crippen LogP contribution in [-0.4, -0.2) is 23.1 Å². The highest BCUT2D eigenvalue weighted by Gasteiger charge is 2.43. The van der Waals surface area contributed by atoms with Crippen LogP contribution in [0.2, 0.25) is 0 Å². The third kappa shape index (κ3) is 4.59. The Labute approximate surface area is 131 Å². The predicted molar refractivity (Wildman–Crippen MR) is 80.5 cm³/mol. The van der Waals surface area contributed by atoms with Crippen molar-refractivity contribution in [2.45, 2.75) is 18.8 Å². The molecule has 0 radical (unpaired) electrons. The number of hydrogen-bond acceptors (Lipinski definition) is 4. The zero-order valence-electron chi connectivity index (χ0n) is 11.2. The predicted octanol–water partition coefficient (Wildman–Crippen LogP) is 3.88. The summed E-state index contributed by atoms with van der Waals surface area (Å²) in [6, 6.07) is 6.22. The lowest BCUT2D eigenvalue weighted by atomic mass is 10.1. The Morgan fingerprint density at radius 3 is 2.38 bits per heavy atom. The van der Waals surface area contributed by atoms with Crippen molar-refractivity contribution in [1.82, 2.24) is 9.88 Å². The number of hydrogen-bond donors (Lipinski definition) is 1. The minimum atomic E-state index is -4.34. The maximum absolute atomic E-state index is 13.3. The van der Waals surface area contributed by atoms with Crippen LogP contribution in [0, 0.1) is 0 Å². The summed E-state index contributed by atoms with van der Waals surface area (Å²) in [5.41, 5.74) is 5.72. The van der Waals surface area contributed by atoms with Crippen molar-refractivity contribution >= 4 is 28.9 Å². The molecule has 0 amide bonds. The molecule has 1 atom stereocenters.